The lowest BCUT2D eigenvalue weighted by Crippen LogP contribution is -2.32. The number of aromatic nitrogens is 2. The smallest absolute Gasteiger partial charge is 0.133 e. The molecule has 0 bridgehead atoms. The molecule has 3 rings (SSSR count). The maximum atomic E-state index is 14.1. The molecule has 24 heavy (non-hydrogen) atoms. The first-order valence-corrected chi connectivity index (χ1v) is 8.64. The first kappa shape index (κ1) is 17.3. The van der Waals surface area contributed by atoms with E-state index in [0.717, 1.165) is 42.2 Å². The zero-order valence-corrected chi connectivity index (χ0v) is 15.4. The van der Waals surface area contributed by atoms with Crippen molar-refractivity contribution in [1.29, 1.82) is 0 Å². The zero-order chi connectivity index (χ0) is 17.5. The lowest BCUT2D eigenvalue weighted by molar-refractivity contribution is 0.239. The summed E-state index contributed by atoms with van der Waals surface area (Å²) in [6, 6.07) is 3.21. The lowest BCUT2D eigenvalue weighted by Gasteiger charge is -2.29. The first-order valence-electron chi connectivity index (χ1n) is 8.27. The quantitative estimate of drug-likeness (QED) is 0.804. The maximum absolute atomic E-state index is 14.1. The van der Waals surface area contributed by atoms with Crippen molar-refractivity contribution in [3.05, 3.63) is 57.4 Å². The predicted molar refractivity (Wildman–Crippen MR) is 94.7 cm³/mol. The molecule has 1 aromatic carbocycles. The van der Waals surface area contributed by atoms with Gasteiger partial charge in [0.25, 0.3) is 0 Å². The van der Waals surface area contributed by atoms with Gasteiger partial charge in [0.2, 0.25) is 0 Å². The van der Waals surface area contributed by atoms with Crippen molar-refractivity contribution in [2.75, 3.05) is 6.54 Å². The second kappa shape index (κ2) is 6.41. The van der Waals surface area contributed by atoms with E-state index in [1.807, 2.05) is 13.1 Å². The Bertz CT molecular complexity index is 768. The standard InChI is InChI=1S/C19H23ClFN3/c1-12-5-6-15(21)14(17(12)20)11-24-8-7-16-13(10-24)9-22-18(23-16)19(2,3)4/h5-6,9H,7-8,10-11H2,1-4H3. The molecule has 1 aliphatic heterocycles. The minimum absolute atomic E-state index is 0.0512. The largest absolute Gasteiger partial charge is 0.294 e. The maximum Gasteiger partial charge on any atom is 0.133 e. The van der Waals surface area contributed by atoms with Crippen molar-refractivity contribution in [2.45, 2.75) is 52.6 Å². The molecule has 128 valence electrons. The van der Waals surface area contributed by atoms with Crippen LogP contribution in [0, 0.1) is 12.7 Å². The van der Waals surface area contributed by atoms with Crippen LogP contribution in [0.2, 0.25) is 5.02 Å². The van der Waals surface area contributed by atoms with Gasteiger partial charge in [0, 0.05) is 54.5 Å². The van der Waals surface area contributed by atoms with Crippen molar-refractivity contribution in [3.8, 4) is 0 Å². The molecule has 0 radical (unpaired) electrons. The minimum Gasteiger partial charge on any atom is -0.294 e. The molecule has 0 N–H and O–H groups in total. The molecule has 0 fully saturated rings. The van der Waals surface area contributed by atoms with E-state index in [9.17, 15) is 4.39 Å². The Balaban J connectivity index is 1.80. The molecule has 0 saturated heterocycles. The van der Waals surface area contributed by atoms with Gasteiger partial charge >= 0.3 is 0 Å². The number of hydrogen-bond donors (Lipinski definition) is 0. The van der Waals surface area contributed by atoms with E-state index in [4.69, 9.17) is 16.6 Å². The van der Waals surface area contributed by atoms with Crippen molar-refractivity contribution < 1.29 is 4.39 Å². The molecule has 0 spiro atoms. The molecule has 0 aliphatic carbocycles. The fourth-order valence-corrected chi connectivity index (χ4v) is 3.17. The van der Waals surface area contributed by atoms with Crippen LogP contribution in [0.5, 0.6) is 0 Å². The molecule has 1 aromatic heterocycles. The van der Waals surface area contributed by atoms with Gasteiger partial charge in [-0.3, -0.25) is 4.90 Å². The Morgan fingerprint density at radius 1 is 1.29 bits per heavy atom. The van der Waals surface area contributed by atoms with Gasteiger partial charge < -0.3 is 0 Å². The van der Waals surface area contributed by atoms with Gasteiger partial charge in [-0.15, -0.1) is 0 Å². The minimum atomic E-state index is -0.240. The average molecular weight is 348 g/mol. The third kappa shape index (κ3) is 3.45. The number of benzene rings is 1. The SMILES string of the molecule is Cc1ccc(F)c(CN2CCc3nc(C(C)(C)C)ncc3C2)c1Cl. The van der Waals surface area contributed by atoms with E-state index in [-0.39, 0.29) is 11.2 Å². The van der Waals surface area contributed by atoms with Crippen molar-refractivity contribution >= 4 is 11.6 Å². The van der Waals surface area contributed by atoms with Gasteiger partial charge in [-0.1, -0.05) is 38.4 Å². The summed E-state index contributed by atoms with van der Waals surface area (Å²) >= 11 is 6.30. The topological polar surface area (TPSA) is 29.0 Å². The molecule has 2 aromatic rings. The molecule has 1 aliphatic rings. The molecule has 2 heterocycles. The summed E-state index contributed by atoms with van der Waals surface area (Å²) in [6.07, 6.45) is 2.77. The summed E-state index contributed by atoms with van der Waals surface area (Å²) in [7, 11) is 0. The molecule has 0 atom stereocenters. The van der Waals surface area contributed by atoms with Crippen LogP contribution in [0.15, 0.2) is 18.3 Å². The Morgan fingerprint density at radius 3 is 2.75 bits per heavy atom. The van der Waals surface area contributed by atoms with Gasteiger partial charge in [-0.05, 0) is 18.6 Å². The van der Waals surface area contributed by atoms with Crippen molar-refractivity contribution in [3.63, 3.8) is 0 Å². The molecule has 0 saturated carbocycles. The van der Waals surface area contributed by atoms with Crippen LogP contribution in [-0.4, -0.2) is 21.4 Å². The summed E-state index contributed by atoms with van der Waals surface area (Å²) in [5, 5.41) is 0.528. The highest BCUT2D eigenvalue weighted by Gasteiger charge is 2.24. The van der Waals surface area contributed by atoms with Crippen molar-refractivity contribution in [2.24, 2.45) is 0 Å². The van der Waals surface area contributed by atoms with Crippen LogP contribution in [0.3, 0.4) is 0 Å². The van der Waals surface area contributed by atoms with E-state index < -0.39 is 0 Å². The van der Waals surface area contributed by atoms with Crippen LogP contribution in [0.4, 0.5) is 4.39 Å². The summed E-state index contributed by atoms with van der Waals surface area (Å²) in [4.78, 5) is 11.5. The number of halogens is 2. The molecule has 0 unspecified atom stereocenters. The highest BCUT2D eigenvalue weighted by Crippen LogP contribution is 2.27. The number of aryl methyl sites for hydroxylation is 1. The Morgan fingerprint density at radius 2 is 2.04 bits per heavy atom. The third-order valence-corrected chi connectivity index (χ3v) is 4.97. The van der Waals surface area contributed by atoms with Crippen molar-refractivity contribution in [1.82, 2.24) is 14.9 Å². The van der Waals surface area contributed by atoms with E-state index in [0.29, 0.717) is 17.1 Å². The summed E-state index contributed by atoms with van der Waals surface area (Å²) in [5.74, 6) is 0.637. The number of fused-ring (bicyclic) bond motifs is 1. The van der Waals surface area contributed by atoms with E-state index in [1.165, 1.54) is 6.07 Å². The van der Waals surface area contributed by atoms with E-state index in [1.54, 1.807) is 6.07 Å². The van der Waals surface area contributed by atoms with E-state index in [2.05, 4.69) is 30.7 Å². The van der Waals surface area contributed by atoms with Crippen LogP contribution in [0.25, 0.3) is 0 Å². The summed E-state index contributed by atoms with van der Waals surface area (Å²) < 4.78 is 14.1. The normalized spacial score (nSPS) is 15.4. The number of rotatable bonds is 2. The average Bonchev–Trinajstić information content (AvgIpc) is 2.53. The van der Waals surface area contributed by atoms with Crippen LogP contribution in [0.1, 0.15) is 49.0 Å². The predicted octanol–water partition coefficient (Wildman–Crippen LogP) is 4.43. The van der Waals surface area contributed by atoms with Gasteiger partial charge in [-0.25, -0.2) is 14.4 Å². The Hall–Kier alpha value is -1.52. The number of hydrogen-bond acceptors (Lipinski definition) is 3. The summed E-state index contributed by atoms with van der Waals surface area (Å²) in [6.45, 7) is 10.3. The molecule has 5 heteroatoms. The lowest BCUT2D eigenvalue weighted by atomic mass is 9.95. The fourth-order valence-electron chi connectivity index (χ4n) is 2.95. The zero-order valence-electron chi connectivity index (χ0n) is 14.7. The van der Waals surface area contributed by atoms with Crippen LogP contribution >= 0.6 is 11.6 Å². The molecule has 0 amide bonds. The van der Waals surface area contributed by atoms with Crippen LogP contribution < -0.4 is 0 Å². The Kier molecular flexibility index (Phi) is 4.63. The number of nitrogens with zero attached hydrogens (tertiary/aromatic N) is 3. The highest BCUT2D eigenvalue weighted by atomic mass is 35.5. The monoisotopic (exact) mass is 347 g/mol. The molecular formula is C19H23ClFN3. The molecular weight excluding hydrogens is 325 g/mol. The summed E-state index contributed by atoms with van der Waals surface area (Å²) in [5.41, 5.74) is 3.67. The van der Waals surface area contributed by atoms with Gasteiger partial charge in [-0.2, -0.15) is 0 Å². The van der Waals surface area contributed by atoms with Gasteiger partial charge in [0.15, 0.2) is 0 Å². The molecule has 3 nitrogen and oxygen atoms in total. The first-order chi connectivity index (χ1) is 11.3. The van der Waals surface area contributed by atoms with Crippen LogP contribution in [-0.2, 0) is 24.9 Å². The third-order valence-electron chi connectivity index (χ3n) is 4.44. The second-order valence-electron chi connectivity index (χ2n) is 7.53. The Labute approximate surface area is 147 Å². The van der Waals surface area contributed by atoms with Gasteiger partial charge in [0.1, 0.15) is 11.6 Å². The highest BCUT2D eigenvalue weighted by molar-refractivity contribution is 6.32. The fraction of sp³-hybridized carbons (Fsp3) is 0.474. The van der Waals surface area contributed by atoms with Gasteiger partial charge in [0.05, 0.1) is 5.02 Å². The van der Waals surface area contributed by atoms with E-state index >= 15 is 0 Å². The second-order valence-corrected chi connectivity index (χ2v) is 7.91.